The van der Waals surface area contributed by atoms with Gasteiger partial charge in [0.05, 0.1) is 6.61 Å². The molecule has 1 aliphatic rings. The molecule has 2 aromatic rings. The van der Waals surface area contributed by atoms with Crippen molar-refractivity contribution in [3.63, 3.8) is 0 Å². The van der Waals surface area contributed by atoms with Crippen LogP contribution in [0, 0.1) is 0 Å². The molecule has 27 heavy (non-hydrogen) atoms. The number of carbonyl (C=O) groups excluding carboxylic acids is 1. The number of carbonyl (C=O) groups is 1. The predicted molar refractivity (Wildman–Crippen MR) is 109 cm³/mol. The molecule has 2 N–H and O–H groups in total. The second-order valence-electron chi connectivity index (χ2n) is 7.07. The van der Waals surface area contributed by atoms with Crippen LogP contribution >= 0.6 is 0 Å². The number of aromatic nitrogens is 1. The Morgan fingerprint density at radius 3 is 2.44 bits per heavy atom. The third-order valence-electron chi connectivity index (χ3n) is 5.03. The lowest BCUT2D eigenvalue weighted by atomic mass is 10.0. The Hall–Kier alpha value is -2.40. The lowest BCUT2D eigenvalue weighted by molar-refractivity contribution is -0.132. The van der Waals surface area contributed by atoms with Gasteiger partial charge < -0.3 is 15.3 Å². The van der Waals surface area contributed by atoms with Gasteiger partial charge in [0.2, 0.25) is 5.91 Å². The highest BCUT2D eigenvalue weighted by Crippen LogP contribution is 2.21. The van der Waals surface area contributed by atoms with Crippen LogP contribution in [0.2, 0.25) is 0 Å². The van der Waals surface area contributed by atoms with Gasteiger partial charge in [-0.3, -0.25) is 4.79 Å². The number of aliphatic hydroxyl groups excluding tert-OH is 1. The van der Waals surface area contributed by atoms with Gasteiger partial charge in [-0.15, -0.1) is 0 Å². The van der Waals surface area contributed by atoms with Crippen molar-refractivity contribution < 1.29 is 9.90 Å². The first-order valence-electron chi connectivity index (χ1n) is 9.94. The number of nitrogens with one attached hydrogen (secondary N) is 1. The molecule has 0 saturated carbocycles. The Morgan fingerprint density at radius 1 is 1.04 bits per heavy atom. The maximum atomic E-state index is 12.2. The van der Waals surface area contributed by atoms with E-state index >= 15 is 0 Å². The van der Waals surface area contributed by atoms with E-state index in [4.69, 9.17) is 5.11 Å². The molecule has 5 heteroatoms. The third-order valence-corrected chi connectivity index (χ3v) is 5.03. The summed E-state index contributed by atoms with van der Waals surface area (Å²) in [6.07, 6.45) is 7.89. The van der Waals surface area contributed by atoms with Gasteiger partial charge in [0.25, 0.3) is 0 Å². The Balaban J connectivity index is 1.47. The first-order chi connectivity index (χ1) is 13.3. The van der Waals surface area contributed by atoms with Crippen molar-refractivity contribution in [1.82, 2.24) is 9.88 Å². The van der Waals surface area contributed by atoms with E-state index in [0.29, 0.717) is 18.9 Å². The summed E-state index contributed by atoms with van der Waals surface area (Å²) in [5.41, 5.74) is 3.46. The molecule has 0 aliphatic carbocycles. The standard InChI is InChI=1S/C22H29N3O2/c26-16-13-23-21-12-11-20(17-24-21)19-9-7-18(8-10-19)5-4-6-22(27)25-14-2-1-3-15-25/h7-12,17,26H,1-6,13-16H2,(H,23,24). The van der Waals surface area contributed by atoms with Crippen LogP contribution in [0.4, 0.5) is 5.82 Å². The molecule has 0 spiro atoms. The molecular weight excluding hydrogens is 338 g/mol. The highest BCUT2D eigenvalue weighted by atomic mass is 16.3. The fourth-order valence-corrected chi connectivity index (χ4v) is 3.46. The Labute approximate surface area is 161 Å². The first kappa shape index (κ1) is 19.4. The summed E-state index contributed by atoms with van der Waals surface area (Å²) in [6.45, 7) is 2.47. The summed E-state index contributed by atoms with van der Waals surface area (Å²) in [5, 5.41) is 11.9. The van der Waals surface area contributed by atoms with Gasteiger partial charge in [-0.25, -0.2) is 4.98 Å². The summed E-state index contributed by atoms with van der Waals surface area (Å²) in [5.74, 6) is 1.08. The number of aliphatic hydroxyl groups is 1. The third kappa shape index (κ3) is 5.79. The van der Waals surface area contributed by atoms with Crippen LogP contribution in [0.5, 0.6) is 0 Å². The van der Waals surface area contributed by atoms with Crippen LogP contribution in [0.15, 0.2) is 42.6 Å². The van der Waals surface area contributed by atoms with Gasteiger partial charge in [-0.05, 0) is 55.4 Å². The summed E-state index contributed by atoms with van der Waals surface area (Å²) >= 11 is 0. The number of nitrogens with zero attached hydrogens (tertiary/aromatic N) is 2. The molecule has 1 aliphatic heterocycles. The predicted octanol–water partition coefficient (Wildman–Crippen LogP) is 3.49. The normalized spacial score (nSPS) is 14.2. The van der Waals surface area contributed by atoms with Crippen LogP contribution < -0.4 is 5.32 Å². The quantitative estimate of drug-likeness (QED) is 0.750. The van der Waals surface area contributed by atoms with Gasteiger partial charge in [0, 0.05) is 37.8 Å². The van der Waals surface area contributed by atoms with E-state index < -0.39 is 0 Å². The maximum Gasteiger partial charge on any atom is 0.222 e. The second-order valence-corrected chi connectivity index (χ2v) is 7.07. The molecule has 1 fully saturated rings. The zero-order chi connectivity index (χ0) is 18.9. The number of piperidine rings is 1. The molecule has 0 atom stereocenters. The number of aryl methyl sites for hydroxylation is 1. The average Bonchev–Trinajstić information content (AvgIpc) is 2.74. The molecule has 0 unspecified atom stereocenters. The van der Waals surface area contributed by atoms with E-state index in [0.717, 1.165) is 55.7 Å². The zero-order valence-corrected chi connectivity index (χ0v) is 15.9. The summed E-state index contributed by atoms with van der Waals surface area (Å²) in [4.78, 5) is 18.6. The molecule has 1 aromatic carbocycles. The minimum absolute atomic E-state index is 0.0918. The molecule has 0 radical (unpaired) electrons. The maximum absolute atomic E-state index is 12.2. The SMILES string of the molecule is O=C(CCCc1ccc(-c2ccc(NCCO)nc2)cc1)N1CCCCC1. The molecule has 0 bridgehead atoms. The monoisotopic (exact) mass is 367 g/mol. The zero-order valence-electron chi connectivity index (χ0n) is 15.9. The molecule has 5 nitrogen and oxygen atoms in total. The van der Waals surface area contributed by atoms with Crippen molar-refractivity contribution in [2.75, 3.05) is 31.6 Å². The number of anilines is 1. The van der Waals surface area contributed by atoms with Crippen LogP contribution in [0.25, 0.3) is 11.1 Å². The molecule has 144 valence electrons. The molecule has 1 aromatic heterocycles. The van der Waals surface area contributed by atoms with Crippen LogP contribution in [-0.4, -0.2) is 47.1 Å². The highest BCUT2D eigenvalue weighted by molar-refractivity contribution is 5.76. The van der Waals surface area contributed by atoms with E-state index in [1.165, 1.54) is 12.0 Å². The number of hydrogen-bond donors (Lipinski definition) is 2. The van der Waals surface area contributed by atoms with Crippen LogP contribution in [-0.2, 0) is 11.2 Å². The molecule has 1 amide bonds. The summed E-state index contributed by atoms with van der Waals surface area (Å²) in [7, 11) is 0. The van der Waals surface area contributed by atoms with Crippen molar-refractivity contribution in [1.29, 1.82) is 0 Å². The van der Waals surface area contributed by atoms with Gasteiger partial charge in [-0.1, -0.05) is 24.3 Å². The van der Waals surface area contributed by atoms with Gasteiger partial charge in [-0.2, -0.15) is 0 Å². The van der Waals surface area contributed by atoms with E-state index in [2.05, 4.69) is 34.6 Å². The summed E-state index contributed by atoms with van der Waals surface area (Å²) in [6, 6.07) is 12.4. The minimum Gasteiger partial charge on any atom is -0.395 e. The fourth-order valence-electron chi connectivity index (χ4n) is 3.46. The minimum atomic E-state index is 0.0918. The summed E-state index contributed by atoms with van der Waals surface area (Å²) < 4.78 is 0. The van der Waals surface area contributed by atoms with E-state index in [9.17, 15) is 4.79 Å². The van der Waals surface area contributed by atoms with Crippen molar-refractivity contribution >= 4 is 11.7 Å². The van der Waals surface area contributed by atoms with E-state index in [1.54, 1.807) is 0 Å². The number of benzene rings is 1. The van der Waals surface area contributed by atoms with Crippen LogP contribution in [0.3, 0.4) is 0 Å². The highest BCUT2D eigenvalue weighted by Gasteiger charge is 2.15. The molecule has 2 heterocycles. The van der Waals surface area contributed by atoms with Crippen molar-refractivity contribution in [2.45, 2.75) is 38.5 Å². The number of pyridine rings is 1. The number of hydrogen-bond acceptors (Lipinski definition) is 4. The lowest BCUT2D eigenvalue weighted by Gasteiger charge is -2.26. The van der Waals surface area contributed by atoms with Gasteiger partial charge >= 0.3 is 0 Å². The fraction of sp³-hybridized carbons (Fsp3) is 0.455. The topological polar surface area (TPSA) is 65.5 Å². The Kier molecular flexibility index (Phi) is 7.22. The van der Waals surface area contributed by atoms with Crippen molar-refractivity contribution in [2.24, 2.45) is 0 Å². The van der Waals surface area contributed by atoms with E-state index in [1.807, 2.05) is 23.2 Å². The smallest absolute Gasteiger partial charge is 0.222 e. The largest absolute Gasteiger partial charge is 0.395 e. The number of amides is 1. The molecule has 3 rings (SSSR count). The molecule has 1 saturated heterocycles. The first-order valence-corrected chi connectivity index (χ1v) is 9.94. The number of rotatable bonds is 8. The van der Waals surface area contributed by atoms with E-state index in [-0.39, 0.29) is 6.61 Å². The van der Waals surface area contributed by atoms with Crippen molar-refractivity contribution in [3.8, 4) is 11.1 Å². The van der Waals surface area contributed by atoms with Gasteiger partial charge in [0.15, 0.2) is 0 Å². The number of likely N-dealkylation sites (tertiary alicyclic amines) is 1. The molecular formula is C22H29N3O2. The Bertz CT molecular complexity index is 707. The lowest BCUT2D eigenvalue weighted by Crippen LogP contribution is -2.35. The van der Waals surface area contributed by atoms with Crippen LogP contribution in [0.1, 0.15) is 37.7 Å². The van der Waals surface area contributed by atoms with Crippen molar-refractivity contribution in [3.05, 3.63) is 48.2 Å². The average molecular weight is 367 g/mol. The second kappa shape index (κ2) is 10.1. The van der Waals surface area contributed by atoms with Gasteiger partial charge in [0.1, 0.15) is 5.82 Å². The Morgan fingerprint density at radius 2 is 1.78 bits per heavy atom.